The number of carbonyl (C=O) groups is 2. The zero-order valence-corrected chi connectivity index (χ0v) is 15.5. The van der Waals surface area contributed by atoms with Gasteiger partial charge in [0.15, 0.2) is 11.5 Å². The lowest BCUT2D eigenvalue weighted by atomic mass is 9.96. The van der Waals surface area contributed by atoms with E-state index in [0.717, 1.165) is 12.8 Å². The first kappa shape index (κ1) is 19.8. The largest absolute Gasteiger partial charge is 0.493 e. The first-order chi connectivity index (χ1) is 12.6. The van der Waals surface area contributed by atoms with Crippen LogP contribution in [-0.4, -0.2) is 64.2 Å². The van der Waals surface area contributed by atoms with Crippen molar-refractivity contribution in [1.29, 1.82) is 0 Å². The van der Waals surface area contributed by atoms with Gasteiger partial charge in [-0.05, 0) is 25.0 Å². The van der Waals surface area contributed by atoms with Crippen molar-refractivity contribution in [1.82, 2.24) is 10.2 Å². The fourth-order valence-electron chi connectivity index (χ4n) is 3.16. The smallest absolute Gasteiger partial charge is 0.257 e. The molecule has 0 spiro atoms. The lowest BCUT2D eigenvalue weighted by Crippen LogP contribution is -2.46. The van der Waals surface area contributed by atoms with Gasteiger partial charge in [-0.25, -0.2) is 0 Å². The Morgan fingerprint density at radius 3 is 2.54 bits per heavy atom. The summed E-state index contributed by atoms with van der Waals surface area (Å²) in [6.45, 7) is 1.79. The maximum absolute atomic E-state index is 13.0. The molecule has 0 aromatic heterocycles. The zero-order chi connectivity index (χ0) is 19.1. The van der Waals surface area contributed by atoms with E-state index in [1.165, 1.54) is 21.3 Å². The van der Waals surface area contributed by atoms with Gasteiger partial charge >= 0.3 is 0 Å². The highest BCUT2D eigenvalue weighted by Crippen LogP contribution is 2.40. The predicted molar refractivity (Wildman–Crippen MR) is 96.8 cm³/mol. The number of ether oxygens (including phenoxy) is 3. The van der Waals surface area contributed by atoms with Crippen LogP contribution >= 0.6 is 0 Å². The predicted octanol–water partition coefficient (Wildman–Crippen LogP) is 0.640. The maximum atomic E-state index is 13.0. The summed E-state index contributed by atoms with van der Waals surface area (Å²) < 4.78 is 16.0. The molecule has 3 N–H and O–H groups in total. The number of nitrogens with zero attached hydrogens (tertiary/aromatic N) is 1. The molecule has 144 valence electrons. The van der Waals surface area contributed by atoms with Gasteiger partial charge in [0.05, 0.1) is 32.8 Å². The van der Waals surface area contributed by atoms with Crippen molar-refractivity contribution in [3.05, 3.63) is 17.7 Å². The molecule has 2 rings (SSSR count). The van der Waals surface area contributed by atoms with Gasteiger partial charge in [0.1, 0.15) is 0 Å². The Bertz CT molecular complexity index is 650. The van der Waals surface area contributed by atoms with Crippen LogP contribution in [0.5, 0.6) is 17.2 Å². The molecule has 1 saturated heterocycles. The van der Waals surface area contributed by atoms with Crippen LogP contribution in [0.2, 0.25) is 0 Å². The maximum Gasteiger partial charge on any atom is 0.257 e. The SMILES string of the molecule is COc1ccc(C(=O)N2CCCC(C(=O)NCCN)C2)c(OC)c1OC. The van der Waals surface area contributed by atoms with E-state index >= 15 is 0 Å². The molecule has 1 aromatic rings. The molecule has 1 atom stereocenters. The highest BCUT2D eigenvalue weighted by atomic mass is 16.5. The molecule has 1 aromatic carbocycles. The summed E-state index contributed by atoms with van der Waals surface area (Å²) in [6, 6.07) is 3.32. The van der Waals surface area contributed by atoms with Crippen LogP contribution < -0.4 is 25.3 Å². The third kappa shape index (κ3) is 4.19. The molecule has 0 radical (unpaired) electrons. The van der Waals surface area contributed by atoms with Crippen molar-refractivity contribution in [3.63, 3.8) is 0 Å². The molecule has 1 fully saturated rings. The fraction of sp³-hybridized carbons (Fsp3) is 0.556. The van der Waals surface area contributed by atoms with Crippen molar-refractivity contribution in [2.24, 2.45) is 11.7 Å². The molecule has 0 aliphatic carbocycles. The molecule has 26 heavy (non-hydrogen) atoms. The van der Waals surface area contributed by atoms with Crippen molar-refractivity contribution in [2.75, 3.05) is 47.5 Å². The fourth-order valence-corrected chi connectivity index (χ4v) is 3.16. The summed E-state index contributed by atoms with van der Waals surface area (Å²) in [4.78, 5) is 26.9. The quantitative estimate of drug-likeness (QED) is 0.735. The van der Waals surface area contributed by atoms with Crippen LogP contribution in [-0.2, 0) is 4.79 Å². The highest BCUT2D eigenvalue weighted by Gasteiger charge is 2.31. The van der Waals surface area contributed by atoms with Crippen LogP contribution in [0.15, 0.2) is 12.1 Å². The van der Waals surface area contributed by atoms with Gasteiger partial charge in [-0.1, -0.05) is 0 Å². The standard InChI is InChI=1S/C18H27N3O5/c1-24-14-7-6-13(15(25-2)16(14)26-3)18(23)21-10-4-5-12(11-21)17(22)20-9-8-19/h6-7,12H,4-5,8-11,19H2,1-3H3,(H,20,22). The molecule has 2 amide bonds. The number of piperidine rings is 1. The minimum atomic E-state index is -0.231. The average molecular weight is 365 g/mol. The molecule has 1 unspecified atom stereocenters. The van der Waals surface area contributed by atoms with Crippen LogP contribution in [0.4, 0.5) is 0 Å². The van der Waals surface area contributed by atoms with Crippen molar-refractivity contribution < 1.29 is 23.8 Å². The van der Waals surface area contributed by atoms with E-state index in [4.69, 9.17) is 19.9 Å². The number of methoxy groups -OCH3 is 3. The Balaban J connectivity index is 2.21. The van der Waals surface area contributed by atoms with Crippen molar-refractivity contribution >= 4 is 11.8 Å². The summed E-state index contributed by atoms with van der Waals surface area (Å²) in [5, 5.41) is 2.79. The molecular weight excluding hydrogens is 338 g/mol. The molecule has 1 heterocycles. The van der Waals surface area contributed by atoms with Gasteiger partial charge in [-0.2, -0.15) is 0 Å². The van der Waals surface area contributed by atoms with Gasteiger partial charge in [-0.3, -0.25) is 9.59 Å². The minimum absolute atomic E-state index is 0.0628. The number of hydrogen-bond donors (Lipinski definition) is 2. The summed E-state index contributed by atoms with van der Waals surface area (Å²) in [7, 11) is 4.49. The minimum Gasteiger partial charge on any atom is -0.493 e. The van der Waals surface area contributed by atoms with Gasteiger partial charge in [-0.15, -0.1) is 0 Å². The molecule has 0 saturated carbocycles. The van der Waals surface area contributed by atoms with Crippen LogP contribution in [0, 0.1) is 5.92 Å². The topological polar surface area (TPSA) is 103 Å². The van der Waals surface area contributed by atoms with Crippen LogP contribution in [0.25, 0.3) is 0 Å². The summed E-state index contributed by atoms with van der Waals surface area (Å²) >= 11 is 0. The van der Waals surface area contributed by atoms with E-state index in [-0.39, 0.29) is 17.7 Å². The van der Waals surface area contributed by atoms with Crippen LogP contribution in [0.3, 0.4) is 0 Å². The summed E-state index contributed by atoms with van der Waals surface area (Å²) in [6.07, 6.45) is 1.52. The number of hydrogen-bond acceptors (Lipinski definition) is 6. The van der Waals surface area contributed by atoms with Gasteiger partial charge in [0.25, 0.3) is 5.91 Å². The summed E-state index contributed by atoms with van der Waals surface area (Å²) in [5.41, 5.74) is 5.81. The van der Waals surface area contributed by atoms with Gasteiger partial charge in [0, 0.05) is 26.2 Å². The Morgan fingerprint density at radius 2 is 1.92 bits per heavy atom. The molecule has 1 aliphatic heterocycles. The van der Waals surface area contributed by atoms with E-state index in [2.05, 4.69) is 5.32 Å². The lowest BCUT2D eigenvalue weighted by Gasteiger charge is -2.32. The van der Waals surface area contributed by atoms with Crippen molar-refractivity contribution in [2.45, 2.75) is 12.8 Å². The van der Waals surface area contributed by atoms with E-state index in [1.54, 1.807) is 17.0 Å². The number of carbonyl (C=O) groups excluding carboxylic acids is 2. The second-order valence-corrected chi connectivity index (χ2v) is 6.05. The zero-order valence-electron chi connectivity index (χ0n) is 15.5. The van der Waals surface area contributed by atoms with Gasteiger partial charge in [0.2, 0.25) is 11.7 Å². The van der Waals surface area contributed by atoms with E-state index in [1.807, 2.05) is 0 Å². The Hall–Kier alpha value is -2.48. The second-order valence-electron chi connectivity index (χ2n) is 6.05. The molecule has 0 bridgehead atoms. The lowest BCUT2D eigenvalue weighted by molar-refractivity contribution is -0.126. The highest BCUT2D eigenvalue weighted by molar-refractivity contribution is 5.98. The van der Waals surface area contributed by atoms with E-state index in [9.17, 15) is 9.59 Å². The molecule has 8 heteroatoms. The molecule has 1 aliphatic rings. The number of nitrogens with two attached hydrogens (primary N) is 1. The van der Waals surface area contributed by atoms with E-state index in [0.29, 0.717) is 49.0 Å². The first-order valence-electron chi connectivity index (χ1n) is 8.63. The Labute approximate surface area is 153 Å². The van der Waals surface area contributed by atoms with Crippen LogP contribution in [0.1, 0.15) is 23.2 Å². The number of amides is 2. The number of nitrogens with one attached hydrogen (secondary N) is 1. The Morgan fingerprint density at radius 1 is 1.19 bits per heavy atom. The third-order valence-corrected chi connectivity index (χ3v) is 4.46. The Kier molecular flexibility index (Phi) is 7.08. The molecular formula is C18H27N3O5. The van der Waals surface area contributed by atoms with Gasteiger partial charge < -0.3 is 30.2 Å². The average Bonchev–Trinajstić information content (AvgIpc) is 2.70. The third-order valence-electron chi connectivity index (χ3n) is 4.46. The first-order valence-corrected chi connectivity index (χ1v) is 8.63. The van der Waals surface area contributed by atoms with E-state index < -0.39 is 0 Å². The number of benzene rings is 1. The number of likely N-dealkylation sites (tertiary alicyclic amines) is 1. The summed E-state index contributed by atoms with van der Waals surface area (Å²) in [5.74, 6) is 0.692. The molecule has 8 nitrogen and oxygen atoms in total. The second kappa shape index (κ2) is 9.28. The monoisotopic (exact) mass is 365 g/mol. The van der Waals surface area contributed by atoms with Crippen molar-refractivity contribution in [3.8, 4) is 17.2 Å². The number of rotatable bonds is 7. The normalized spacial score (nSPS) is 16.8.